The summed E-state index contributed by atoms with van der Waals surface area (Å²) in [5.41, 5.74) is -0.174. The maximum absolute atomic E-state index is 9.51. The first kappa shape index (κ1) is 15.4. The Kier molecular flexibility index (Phi) is 5.75. The van der Waals surface area contributed by atoms with E-state index in [2.05, 4.69) is 34.1 Å². The zero-order valence-electron chi connectivity index (χ0n) is 11.9. The number of nitrogens with zero attached hydrogens (tertiary/aromatic N) is 3. The van der Waals surface area contributed by atoms with Crippen molar-refractivity contribution >= 4 is 5.95 Å². The monoisotopic (exact) mass is 270 g/mol. The van der Waals surface area contributed by atoms with Crippen LogP contribution in [0.25, 0.3) is 0 Å². The van der Waals surface area contributed by atoms with Gasteiger partial charge in [-0.2, -0.15) is 9.97 Å². The Balaban J connectivity index is 2.81. The van der Waals surface area contributed by atoms with Gasteiger partial charge >= 0.3 is 12.0 Å². The predicted octanol–water partition coefficient (Wildman–Crippen LogP) is 1.10. The van der Waals surface area contributed by atoms with Crippen LogP contribution in [0.15, 0.2) is 0 Å². The van der Waals surface area contributed by atoms with Gasteiger partial charge in [0.05, 0.1) is 20.8 Å². The second kappa shape index (κ2) is 7.08. The second-order valence-corrected chi connectivity index (χ2v) is 4.35. The van der Waals surface area contributed by atoms with E-state index in [1.165, 1.54) is 14.2 Å². The number of anilines is 1. The number of hydrogen-bond acceptors (Lipinski definition) is 7. The van der Waals surface area contributed by atoms with Gasteiger partial charge in [-0.1, -0.05) is 13.8 Å². The lowest BCUT2D eigenvalue weighted by Crippen LogP contribution is -2.32. The standard InChI is InChI=1S/C12H22N4O3/c1-5-12(6-2,8-17)7-13-9-14-10(18-3)16-11(15-9)19-4/h17H,5-8H2,1-4H3,(H,13,14,15,16). The summed E-state index contributed by atoms with van der Waals surface area (Å²) in [6.45, 7) is 4.80. The van der Waals surface area contributed by atoms with Crippen molar-refractivity contribution < 1.29 is 14.6 Å². The zero-order valence-corrected chi connectivity index (χ0v) is 11.9. The summed E-state index contributed by atoms with van der Waals surface area (Å²) in [5.74, 6) is 0.378. The van der Waals surface area contributed by atoms with Crippen molar-refractivity contribution in [1.29, 1.82) is 0 Å². The lowest BCUT2D eigenvalue weighted by Gasteiger charge is -2.29. The molecule has 1 heterocycles. The Morgan fingerprint density at radius 2 is 1.58 bits per heavy atom. The Hall–Kier alpha value is -1.63. The van der Waals surface area contributed by atoms with Gasteiger partial charge in [0.15, 0.2) is 0 Å². The third-order valence-corrected chi connectivity index (χ3v) is 3.42. The molecule has 1 aromatic heterocycles. The number of aliphatic hydroxyl groups is 1. The Bertz CT molecular complexity index is 366. The SMILES string of the molecule is CCC(CC)(CO)CNc1nc(OC)nc(OC)n1. The summed E-state index contributed by atoms with van der Waals surface area (Å²) < 4.78 is 9.95. The van der Waals surface area contributed by atoms with Gasteiger partial charge in [0.2, 0.25) is 5.95 Å². The first-order valence-corrected chi connectivity index (χ1v) is 6.31. The van der Waals surface area contributed by atoms with Gasteiger partial charge in [-0.3, -0.25) is 0 Å². The predicted molar refractivity (Wildman–Crippen MR) is 71.5 cm³/mol. The van der Waals surface area contributed by atoms with Crippen molar-refractivity contribution in [3.05, 3.63) is 0 Å². The second-order valence-electron chi connectivity index (χ2n) is 4.35. The first-order valence-electron chi connectivity index (χ1n) is 6.31. The van der Waals surface area contributed by atoms with Crippen LogP contribution in [0, 0.1) is 5.41 Å². The highest BCUT2D eigenvalue weighted by Crippen LogP contribution is 2.26. The molecule has 7 nitrogen and oxygen atoms in total. The average Bonchev–Trinajstić information content (AvgIpc) is 2.48. The van der Waals surface area contributed by atoms with Crippen molar-refractivity contribution in [1.82, 2.24) is 15.0 Å². The highest BCUT2D eigenvalue weighted by atomic mass is 16.5. The molecule has 0 bridgehead atoms. The van der Waals surface area contributed by atoms with E-state index in [9.17, 15) is 5.11 Å². The molecule has 0 saturated carbocycles. The summed E-state index contributed by atoms with van der Waals surface area (Å²) in [4.78, 5) is 12.1. The molecule has 0 spiro atoms. The van der Waals surface area contributed by atoms with E-state index in [4.69, 9.17) is 9.47 Å². The maximum Gasteiger partial charge on any atom is 0.324 e. The molecule has 0 aromatic carbocycles. The molecule has 0 aliphatic heterocycles. The molecule has 0 radical (unpaired) electrons. The third kappa shape index (κ3) is 3.92. The van der Waals surface area contributed by atoms with Crippen molar-refractivity contribution in [3.8, 4) is 12.0 Å². The lowest BCUT2D eigenvalue weighted by atomic mass is 9.83. The molecule has 108 valence electrons. The van der Waals surface area contributed by atoms with Gasteiger partial charge in [0.1, 0.15) is 0 Å². The number of methoxy groups -OCH3 is 2. The molecule has 19 heavy (non-hydrogen) atoms. The van der Waals surface area contributed by atoms with E-state index < -0.39 is 0 Å². The quantitative estimate of drug-likeness (QED) is 0.731. The normalized spacial score (nSPS) is 11.2. The Morgan fingerprint density at radius 3 is 1.95 bits per heavy atom. The molecule has 0 fully saturated rings. The Morgan fingerprint density at radius 1 is 1.05 bits per heavy atom. The van der Waals surface area contributed by atoms with E-state index in [1.54, 1.807) is 0 Å². The van der Waals surface area contributed by atoms with E-state index >= 15 is 0 Å². The van der Waals surface area contributed by atoms with Crippen LogP contribution in [0.5, 0.6) is 12.0 Å². The summed E-state index contributed by atoms with van der Waals surface area (Å²) in [5, 5.41) is 12.6. The lowest BCUT2D eigenvalue weighted by molar-refractivity contribution is 0.127. The van der Waals surface area contributed by atoms with Crippen LogP contribution in [-0.2, 0) is 0 Å². The van der Waals surface area contributed by atoms with Crippen LogP contribution in [0.4, 0.5) is 5.95 Å². The third-order valence-electron chi connectivity index (χ3n) is 3.42. The first-order chi connectivity index (χ1) is 9.12. The number of ether oxygens (including phenoxy) is 2. The van der Waals surface area contributed by atoms with Crippen LogP contribution in [0.1, 0.15) is 26.7 Å². The summed E-state index contributed by atoms with van der Waals surface area (Å²) in [6.07, 6.45) is 1.73. The summed E-state index contributed by atoms with van der Waals surface area (Å²) in [6, 6.07) is 0.383. The van der Waals surface area contributed by atoms with E-state index in [0.717, 1.165) is 12.8 Å². The van der Waals surface area contributed by atoms with Crippen molar-refractivity contribution in [3.63, 3.8) is 0 Å². The molecule has 0 unspecified atom stereocenters. The fourth-order valence-corrected chi connectivity index (χ4v) is 1.65. The van der Waals surface area contributed by atoms with E-state index in [1.807, 2.05) is 0 Å². The number of nitrogens with one attached hydrogen (secondary N) is 1. The fourth-order valence-electron chi connectivity index (χ4n) is 1.65. The van der Waals surface area contributed by atoms with Crippen molar-refractivity contribution in [2.75, 3.05) is 32.7 Å². The summed E-state index contributed by atoms with van der Waals surface area (Å²) in [7, 11) is 2.96. The van der Waals surface area contributed by atoms with Gasteiger partial charge in [0.25, 0.3) is 0 Å². The molecule has 0 aliphatic rings. The fraction of sp³-hybridized carbons (Fsp3) is 0.750. The van der Waals surface area contributed by atoms with Gasteiger partial charge in [-0.05, 0) is 12.8 Å². The minimum absolute atomic E-state index is 0.117. The van der Waals surface area contributed by atoms with Gasteiger partial charge < -0.3 is 19.9 Å². The summed E-state index contributed by atoms with van der Waals surface area (Å²) >= 11 is 0. The highest BCUT2D eigenvalue weighted by molar-refractivity contribution is 5.28. The van der Waals surface area contributed by atoms with Gasteiger partial charge in [-0.25, -0.2) is 0 Å². The zero-order chi connectivity index (χ0) is 14.3. The van der Waals surface area contributed by atoms with E-state index in [-0.39, 0.29) is 24.0 Å². The minimum Gasteiger partial charge on any atom is -0.467 e. The van der Waals surface area contributed by atoms with Crippen LogP contribution in [-0.4, -0.2) is 47.4 Å². The smallest absolute Gasteiger partial charge is 0.324 e. The van der Waals surface area contributed by atoms with Gasteiger partial charge in [0, 0.05) is 12.0 Å². The molecule has 0 saturated heterocycles. The van der Waals surface area contributed by atoms with Crippen molar-refractivity contribution in [2.24, 2.45) is 5.41 Å². The number of hydrogen-bond donors (Lipinski definition) is 2. The molecule has 0 atom stereocenters. The van der Waals surface area contributed by atoms with Crippen LogP contribution in [0.2, 0.25) is 0 Å². The highest BCUT2D eigenvalue weighted by Gasteiger charge is 2.25. The topological polar surface area (TPSA) is 89.4 Å². The maximum atomic E-state index is 9.51. The Labute approximate surface area is 113 Å². The molecule has 0 amide bonds. The van der Waals surface area contributed by atoms with Crippen LogP contribution in [0.3, 0.4) is 0 Å². The molecule has 1 aromatic rings. The molecule has 7 heteroatoms. The molecule has 2 N–H and O–H groups in total. The van der Waals surface area contributed by atoms with Crippen molar-refractivity contribution in [2.45, 2.75) is 26.7 Å². The molecular formula is C12H22N4O3. The minimum atomic E-state index is -0.174. The van der Waals surface area contributed by atoms with E-state index in [0.29, 0.717) is 12.5 Å². The van der Waals surface area contributed by atoms with Crippen LogP contribution >= 0.6 is 0 Å². The largest absolute Gasteiger partial charge is 0.467 e. The molecule has 1 rings (SSSR count). The van der Waals surface area contributed by atoms with Gasteiger partial charge in [-0.15, -0.1) is 4.98 Å². The molecular weight excluding hydrogens is 248 g/mol. The number of aromatic nitrogens is 3. The average molecular weight is 270 g/mol. The number of rotatable bonds is 8. The number of aliphatic hydroxyl groups excluding tert-OH is 1. The van der Waals surface area contributed by atoms with Crippen LogP contribution < -0.4 is 14.8 Å². The molecule has 0 aliphatic carbocycles.